The van der Waals surface area contributed by atoms with Gasteiger partial charge < -0.3 is 10.0 Å². The van der Waals surface area contributed by atoms with Crippen LogP contribution in [-0.2, 0) is 4.79 Å². The number of phenols is 1. The zero-order valence-corrected chi connectivity index (χ0v) is 9.60. The number of carbonyl (C=O) groups is 1. The molecule has 1 aromatic carbocycles. The Morgan fingerprint density at radius 3 is 1.80 bits per heavy atom. The molecule has 1 amide bonds. The van der Waals surface area contributed by atoms with Gasteiger partial charge in [0.2, 0.25) is 5.91 Å². The fourth-order valence-corrected chi connectivity index (χ4v) is 1.10. The Kier molecular flexibility index (Phi) is 7.06. The molecular weight excluding hydrogens is 190 g/mol. The van der Waals surface area contributed by atoms with E-state index < -0.39 is 0 Å². The van der Waals surface area contributed by atoms with E-state index in [1.807, 2.05) is 19.9 Å². The summed E-state index contributed by atoms with van der Waals surface area (Å²) in [7, 11) is 0. The number of amides is 1. The number of carbonyl (C=O) groups excluding carboxylic acids is 1. The second-order valence-electron chi connectivity index (χ2n) is 3.03. The smallest absolute Gasteiger partial charge is 0.219 e. The number of nitrogens with zero attached hydrogens (tertiary/aromatic N) is 1. The van der Waals surface area contributed by atoms with Crippen LogP contribution in [0.5, 0.6) is 5.75 Å². The van der Waals surface area contributed by atoms with Gasteiger partial charge in [-0.25, -0.2) is 0 Å². The molecule has 84 valence electrons. The summed E-state index contributed by atoms with van der Waals surface area (Å²) in [5, 5.41) is 8.63. The van der Waals surface area contributed by atoms with Crippen molar-refractivity contribution in [2.45, 2.75) is 20.8 Å². The number of hydrogen-bond donors (Lipinski definition) is 1. The molecule has 0 heterocycles. The van der Waals surface area contributed by atoms with Crippen LogP contribution < -0.4 is 0 Å². The Morgan fingerprint density at radius 1 is 1.20 bits per heavy atom. The lowest BCUT2D eigenvalue weighted by molar-refractivity contribution is -0.128. The summed E-state index contributed by atoms with van der Waals surface area (Å²) in [6.07, 6.45) is 0. The van der Waals surface area contributed by atoms with Crippen LogP contribution in [0.15, 0.2) is 30.3 Å². The number of phenolic OH excluding ortho intramolecular Hbond substituents is 1. The van der Waals surface area contributed by atoms with Crippen molar-refractivity contribution in [1.82, 2.24) is 4.90 Å². The van der Waals surface area contributed by atoms with Crippen molar-refractivity contribution < 1.29 is 9.90 Å². The molecule has 0 bridgehead atoms. The van der Waals surface area contributed by atoms with Gasteiger partial charge in [0.05, 0.1) is 0 Å². The fraction of sp³-hybridized carbons (Fsp3) is 0.417. The van der Waals surface area contributed by atoms with Crippen LogP contribution in [0.3, 0.4) is 0 Å². The lowest BCUT2D eigenvalue weighted by Gasteiger charge is -2.14. The first-order valence-corrected chi connectivity index (χ1v) is 5.11. The summed E-state index contributed by atoms with van der Waals surface area (Å²) in [4.78, 5) is 12.3. The molecule has 3 nitrogen and oxygen atoms in total. The summed E-state index contributed by atoms with van der Waals surface area (Å²) in [6.45, 7) is 7.19. The average molecular weight is 209 g/mol. The monoisotopic (exact) mass is 209 g/mol. The van der Waals surface area contributed by atoms with Gasteiger partial charge in [0.25, 0.3) is 0 Å². The first kappa shape index (κ1) is 13.5. The predicted octanol–water partition coefficient (Wildman–Crippen LogP) is 2.27. The van der Waals surface area contributed by atoms with Gasteiger partial charge in [0, 0.05) is 20.0 Å². The quantitative estimate of drug-likeness (QED) is 0.811. The number of aromatic hydroxyl groups is 1. The molecule has 0 spiro atoms. The van der Waals surface area contributed by atoms with Crippen molar-refractivity contribution in [2.75, 3.05) is 13.1 Å². The number of para-hydroxylation sites is 1. The normalized spacial score (nSPS) is 8.73. The van der Waals surface area contributed by atoms with Gasteiger partial charge in [0.15, 0.2) is 0 Å². The zero-order valence-electron chi connectivity index (χ0n) is 9.60. The van der Waals surface area contributed by atoms with Crippen LogP contribution in [0, 0.1) is 0 Å². The van der Waals surface area contributed by atoms with Gasteiger partial charge in [-0.15, -0.1) is 0 Å². The molecule has 0 radical (unpaired) electrons. The lowest BCUT2D eigenvalue weighted by Crippen LogP contribution is -2.27. The maximum absolute atomic E-state index is 10.5. The molecule has 1 N–H and O–H groups in total. The van der Waals surface area contributed by atoms with Gasteiger partial charge in [-0.2, -0.15) is 0 Å². The summed E-state index contributed by atoms with van der Waals surface area (Å²) in [5.41, 5.74) is 0. The summed E-state index contributed by atoms with van der Waals surface area (Å²) < 4.78 is 0. The van der Waals surface area contributed by atoms with Gasteiger partial charge in [-0.3, -0.25) is 4.79 Å². The van der Waals surface area contributed by atoms with E-state index in [9.17, 15) is 4.79 Å². The SMILES string of the molecule is CCN(CC)C(C)=O.Oc1ccccc1. The second-order valence-corrected chi connectivity index (χ2v) is 3.03. The van der Waals surface area contributed by atoms with Gasteiger partial charge in [-0.1, -0.05) is 18.2 Å². The largest absolute Gasteiger partial charge is 0.508 e. The Morgan fingerprint density at radius 2 is 1.67 bits per heavy atom. The van der Waals surface area contributed by atoms with E-state index in [2.05, 4.69) is 0 Å². The van der Waals surface area contributed by atoms with Crippen molar-refractivity contribution >= 4 is 5.91 Å². The van der Waals surface area contributed by atoms with Gasteiger partial charge in [0.1, 0.15) is 5.75 Å². The van der Waals surface area contributed by atoms with Crippen LogP contribution in [0.2, 0.25) is 0 Å². The first-order chi connectivity index (χ1) is 7.11. The molecule has 0 fully saturated rings. The third-order valence-corrected chi connectivity index (χ3v) is 1.96. The number of hydrogen-bond acceptors (Lipinski definition) is 2. The Hall–Kier alpha value is -1.51. The summed E-state index contributed by atoms with van der Waals surface area (Å²) in [5.74, 6) is 0.484. The first-order valence-electron chi connectivity index (χ1n) is 5.11. The highest BCUT2D eigenvalue weighted by molar-refractivity contribution is 5.73. The Balaban J connectivity index is 0.000000262. The van der Waals surface area contributed by atoms with Crippen molar-refractivity contribution in [1.29, 1.82) is 0 Å². The van der Waals surface area contributed by atoms with E-state index in [4.69, 9.17) is 5.11 Å². The molecule has 15 heavy (non-hydrogen) atoms. The highest BCUT2D eigenvalue weighted by Gasteiger charge is 1.99. The second kappa shape index (κ2) is 7.85. The van der Waals surface area contributed by atoms with Crippen molar-refractivity contribution in [3.05, 3.63) is 30.3 Å². The average Bonchev–Trinajstić information content (AvgIpc) is 2.21. The molecule has 1 aromatic rings. The van der Waals surface area contributed by atoms with Crippen LogP contribution in [-0.4, -0.2) is 29.0 Å². The molecule has 0 unspecified atom stereocenters. The highest BCUT2D eigenvalue weighted by Crippen LogP contribution is 2.02. The van der Waals surface area contributed by atoms with E-state index in [1.54, 1.807) is 36.1 Å². The zero-order chi connectivity index (χ0) is 11.7. The molecule has 0 aliphatic carbocycles. The maximum Gasteiger partial charge on any atom is 0.219 e. The minimum Gasteiger partial charge on any atom is -0.508 e. The van der Waals surface area contributed by atoms with Gasteiger partial charge >= 0.3 is 0 Å². The van der Waals surface area contributed by atoms with E-state index in [0.29, 0.717) is 5.75 Å². The Bertz CT molecular complexity index is 268. The van der Waals surface area contributed by atoms with Crippen molar-refractivity contribution in [3.63, 3.8) is 0 Å². The molecule has 0 aromatic heterocycles. The van der Waals surface area contributed by atoms with Crippen LogP contribution in [0.4, 0.5) is 0 Å². The molecule has 3 heteroatoms. The molecule has 0 atom stereocenters. The molecule has 0 aliphatic heterocycles. The molecular formula is C12H19NO2. The maximum atomic E-state index is 10.5. The van der Waals surface area contributed by atoms with E-state index in [0.717, 1.165) is 13.1 Å². The van der Waals surface area contributed by atoms with Crippen LogP contribution >= 0.6 is 0 Å². The highest BCUT2D eigenvalue weighted by atomic mass is 16.3. The molecule has 1 rings (SSSR count). The van der Waals surface area contributed by atoms with Gasteiger partial charge in [-0.05, 0) is 26.0 Å². The molecule has 0 aliphatic rings. The summed E-state index contributed by atoms with van der Waals surface area (Å²) >= 11 is 0. The fourth-order valence-electron chi connectivity index (χ4n) is 1.10. The molecule has 0 saturated heterocycles. The third-order valence-electron chi connectivity index (χ3n) is 1.96. The lowest BCUT2D eigenvalue weighted by atomic mass is 10.3. The minimum atomic E-state index is 0.162. The van der Waals surface area contributed by atoms with Crippen molar-refractivity contribution in [3.8, 4) is 5.75 Å². The van der Waals surface area contributed by atoms with E-state index in [1.165, 1.54) is 0 Å². The summed E-state index contributed by atoms with van der Waals surface area (Å²) in [6, 6.07) is 8.71. The van der Waals surface area contributed by atoms with Crippen molar-refractivity contribution in [2.24, 2.45) is 0 Å². The Labute approximate surface area is 91.3 Å². The standard InChI is InChI=1S/C6H13NO.C6H6O/c1-4-7(5-2)6(3)8;7-6-4-2-1-3-5-6/h4-5H2,1-3H3;1-5,7H. The topological polar surface area (TPSA) is 40.5 Å². The predicted molar refractivity (Wildman–Crippen MR) is 61.7 cm³/mol. The van der Waals surface area contributed by atoms with E-state index in [-0.39, 0.29) is 5.91 Å². The van der Waals surface area contributed by atoms with Crippen LogP contribution in [0.25, 0.3) is 0 Å². The number of benzene rings is 1. The molecule has 0 saturated carbocycles. The van der Waals surface area contributed by atoms with E-state index >= 15 is 0 Å². The minimum absolute atomic E-state index is 0.162. The number of rotatable bonds is 2. The third kappa shape index (κ3) is 6.55. The van der Waals surface area contributed by atoms with Crippen LogP contribution in [0.1, 0.15) is 20.8 Å².